The van der Waals surface area contributed by atoms with E-state index >= 15 is 0 Å². The summed E-state index contributed by atoms with van der Waals surface area (Å²) < 4.78 is 58.5. The third kappa shape index (κ3) is 9.04. The molecule has 0 aromatic heterocycles. The number of hydrogen-bond acceptors (Lipinski definition) is 5. The molecule has 2 rings (SSSR count). The molecule has 0 amide bonds. The molecular weight excluding hydrogens is 331 g/mol. The first-order chi connectivity index (χ1) is 9.06. The first-order valence-corrected chi connectivity index (χ1v) is 8.35. The Labute approximate surface area is 144 Å². The van der Waals surface area contributed by atoms with Gasteiger partial charge in [-0.2, -0.15) is 16.8 Å². The number of benzene rings is 2. The number of hydrogen-bond donors (Lipinski definition) is 2. The second-order valence-electron chi connectivity index (χ2n) is 3.71. The van der Waals surface area contributed by atoms with E-state index in [0.717, 1.165) is 17.0 Å². The molecule has 0 saturated carbocycles. The van der Waals surface area contributed by atoms with Gasteiger partial charge in [0.15, 0.2) is 0 Å². The van der Waals surface area contributed by atoms with Crippen molar-refractivity contribution in [1.82, 2.24) is 0 Å². The van der Waals surface area contributed by atoms with Crippen molar-refractivity contribution in [3.63, 3.8) is 0 Å². The molecule has 0 bridgehead atoms. The zero-order chi connectivity index (χ0) is 15.4. The van der Waals surface area contributed by atoms with Crippen LogP contribution in [0.4, 0.5) is 0 Å². The van der Waals surface area contributed by atoms with Crippen molar-refractivity contribution in [2.24, 2.45) is 0 Å². The SMILES string of the molecule is CS(=O)(=O)Oc1cccc2ccccc12.O=S(=O)(O)O.[NaH]. The molecule has 0 aliphatic rings. The van der Waals surface area contributed by atoms with Crippen LogP contribution in [0.5, 0.6) is 5.75 Å². The molecule has 0 unspecified atom stereocenters. The van der Waals surface area contributed by atoms with E-state index in [2.05, 4.69) is 0 Å². The van der Waals surface area contributed by atoms with Gasteiger partial charge >= 0.3 is 50.1 Å². The molecule has 7 nitrogen and oxygen atoms in total. The average molecular weight is 344 g/mol. The van der Waals surface area contributed by atoms with E-state index in [4.69, 9.17) is 21.7 Å². The Morgan fingerprint density at radius 3 is 1.90 bits per heavy atom. The van der Waals surface area contributed by atoms with Crippen LogP contribution in [0.25, 0.3) is 10.8 Å². The molecule has 0 saturated heterocycles. The molecule has 0 fully saturated rings. The fourth-order valence-corrected chi connectivity index (χ4v) is 1.90. The summed E-state index contributed by atoms with van der Waals surface area (Å²) in [6.45, 7) is 0. The fourth-order valence-electron chi connectivity index (χ4n) is 1.43. The molecule has 2 N–H and O–H groups in total. The van der Waals surface area contributed by atoms with Crippen molar-refractivity contribution >= 4 is 60.8 Å². The first kappa shape index (κ1) is 20.3. The molecule has 0 spiro atoms. The Kier molecular flexibility index (Phi) is 7.82. The van der Waals surface area contributed by atoms with Crippen LogP contribution in [-0.4, -0.2) is 61.8 Å². The van der Waals surface area contributed by atoms with Crippen LogP contribution in [0.2, 0.25) is 0 Å². The van der Waals surface area contributed by atoms with Gasteiger partial charge in [0, 0.05) is 5.39 Å². The van der Waals surface area contributed by atoms with Gasteiger partial charge in [-0.15, -0.1) is 0 Å². The Bertz CT molecular complexity index is 787. The Morgan fingerprint density at radius 1 is 0.905 bits per heavy atom. The van der Waals surface area contributed by atoms with Crippen LogP contribution >= 0.6 is 0 Å². The third-order valence-electron chi connectivity index (χ3n) is 1.99. The van der Waals surface area contributed by atoms with Gasteiger partial charge in [0.05, 0.1) is 6.26 Å². The van der Waals surface area contributed by atoms with Gasteiger partial charge in [0.1, 0.15) is 5.75 Å². The summed E-state index contributed by atoms with van der Waals surface area (Å²) in [6, 6.07) is 12.8. The van der Waals surface area contributed by atoms with Crippen molar-refractivity contribution < 1.29 is 30.1 Å². The molecular formula is C11H13NaO7S2. The van der Waals surface area contributed by atoms with Gasteiger partial charge in [-0.3, -0.25) is 9.11 Å². The molecule has 0 heterocycles. The molecule has 10 heteroatoms. The molecule has 0 aliphatic heterocycles. The summed E-state index contributed by atoms with van der Waals surface area (Å²) in [5, 5.41) is 1.75. The van der Waals surface area contributed by atoms with E-state index in [-0.39, 0.29) is 29.6 Å². The van der Waals surface area contributed by atoms with Crippen molar-refractivity contribution in [2.45, 2.75) is 0 Å². The summed E-state index contributed by atoms with van der Waals surface area (Å²) in [7, 11) is -8.14. The molecule has 2 aromatic carbocycles. The molecule has 0 atom stereocenters. The Hall–Kier alpha value is -0.680. The van der Waals surface area contributed by atoms with E-state index < -0.39 is 20.5 Å². The van der Waals surface area contributed by atoms with Crippen LogP contribution < -0.4 is 4.18 Å². The van der Waals surface area contributed by atoms with Crippen LogP contribution in [0.1, 0.15) is 0 Å². The normalized spacial score (nSPS) is 11.0. The minimum atomic E-state index is -4.67. The van der Waals surface area contributed by atoms with Gasteiger partial charge in [-0.05, 0) is 11.5 Å². The van der Waals surface area contributed by atoms with Crippen molar-refractivity contribution in [2.75, 3.05) is 6.26 Å². The van der Waals surface area contributed by atoms with E-state index in [1.54, 1.807) is 12.1 Å². The van der Waals surface area contributed by atoms with Crippen molar-refractivity contribution in [3.05, 3.63) is 42.5 Å². The first-order valence-electron chi connectivity index (χ1n) is 5.13. The predicted octanol–water partition coefficient (Wildman–Crippen LogP) is 0.877. The fraction of sp³-hybridized carbons (Fsp3) is 0.0909. The summed E-state index contributed by atoms with van der Waals surface area (Å²) in [6.07, 6.45) is 1.04. The van der Waals surface area contributed by atoms with Crippen molar-refractivity contribution in [1.29, 1.82) is 0 Å². The van der Waals surface area contributed by atoms with Gasteiger partial charge in [-0.25, -0.2) is 0 Å². The summed E-state index contributed by atoms with van der Waals surface area (Å²) in [5.74, 6) is 0.371. The Balaban J connectivity index is 0.000000583. The van der Waals surface area contributed by atoms with Crippen LogP contribution in [0.3, 0.4) is 0 Å². The number of rotatable bonds is 2. The predicted molar refractivity (Wildman–Crippen MR) is 80.7 cm³/mol. The molecule has 2 aromatic rings. The van der Waals surface area contributed by atoms with Crippen molar-refractivity contribution in [3.8, 4) is 5.75 Å². The quantitative estimate of drug-likeness (QED) is 0.471. The third-order valence-corrected chi connectivity index (χ3v) is 2.47. The van der Waals surface area contributed by atoms with Crippen LogP contribution in [0.15, 0.2) is 42.5 Å². The van der Waals surface area contributed by atoms with E-state index in [1.807, 2.05) is 30.3 Å². The molecule has 0 radical (unpaired) electrons. The topological polar surface area (TPSA) is 118 Å². The zero-order valence-corrected chi connectivity index (χ0v) is 11.9. The summed E-state index contributed by atoms with van der Waals surface area (Å²) in [4.78, 5) is 0. The maximum absolute atomic E-state index is 11.0. The second kappa shape index (κ2) is 8.08. The Morgan fingerprint density at radius 2 is 1.38 bits per heavy atom. The minimum absolute atomic E-state index is 0. The van der Waals surface area contributed by atoms with E-state index in [1.165, 1.54) is 0 Å². The number of fused-ring (bicyclic) bond motifs is 1. The van der Waals surface area contributed by atoms with Gasteiger partial charge in [0.2, 0.25) is 0 Å². The second-order valence-corrected chi connectivity index (χ2v) is 6.18. The summed E-state index contributed by atoms with van der Waals surface area (Å²) >= 11 is 0. The van der Waals surface area contributed by atoms with Crippen LogP contribution in [-0.2, 0) is 20.5 Å². The van der Waals surface area contributed by atoms with E-state index in [0.29, 0.717) is 5.75 Å². The van der Waals surface area contributed by atoms with Crippen LogP contribution in [0, 0.1) is 0 Å². The standard InChI is InChI=1S/C11H10O3S.Na.H2O4S.H/c1-15(12,13)14-11-8-4-6-9-5-2-3-7-10(9)11;;1-5(2,3)4;/h2-8H,1H3;;(H2,1,2,3,4);. The van der Waals surface area contributed by atoms with Gasteiger partial charge in [0.25, 0.3) is 0 Å². The monoisotopic (exact) mass is 344 g/mol. The average Bonchev–Trinajstić information content (AvgIpc) is 2.25. The summed E-state index contributed by atoms with van der Waals surface area (Å²) in [5.41, 5.74) is 0. The van der Waals surface area contributed by atoms with Gasteiger partial charge < -0.3 is 4.18 Å². The zero-order valence-electron chi connectivity index (χ0n) is 10.3. The van der Waals surface area contributed by atoms with Gasteiger partial charge in [-0.1, -0.05) is 36.4 Å². The molecule has 21 heavy (non-hydrogen) atoms. The maximum atomic E-state index is 11.0. The molecule has 112 valence electrons. The van der Waals surface area contributed by atoms with E-state index in [9.17, 15) is 8.42 Å². The molecule has 0 aliphatic carbocycles.